The predicted molar refractivity (Wildman–Crippen MR) is 135 cm³/mol. The second kappa shape index (κ2) is 10.6. The molecule has 0 spiro atoms. The molecule has 1 N–H and O–H groups in total. The van der Waals surface area contributed by atoms with Gasteiger partial charge in [0.15, 0.2) is 11.5 Å². The maximum absolute atomic E-state index is 12.1. The van der Waals surface area contributed by atoms with Crippen LogP contribution in [-0.4, -0.2) is 53.5 Å². The van der Waals surface area contributed by atoms with Crippen LogP contribution in [0, 0.1) is 12.8 Å². The van der Waals surface area contributed by atoms with Gasteiger partial charge in [-0.25, -0.2) is 9.97 Å². The summed E-state index contributed by atoms with van der Waals surface area (Å²) in [5, 5.41) is 4.91. The number of likely N-dealkylation sites (tertiary alicyclic amines) is 1. The molecule has 34 heavy (non-hydrogen) atoms. The van der Waals surface area contributed by atoms with Gasteiger partial charge in [0.25, 0.3) is 0 Å². The molecule has 0 atom stereocenters. The third-order valence-corrected chi connectivity index (χ3v) is 6.70. The fraction of sp³-hybridized carbons (Fsp3) is 0.423. The summed E-state index contributed by atoms with van der Waals surface area (Å²) in [6.45, 7) is 8.05. The summed E-state index contributed by atoms with van der Waals surface area (Å²) in [6, 6.07) is 9.54. The third-order valence-electron chi connectivity index (χ3n) is 6.29. The summed E-state index contributed by atoms with van der Waals surface area (Å²) in [5.41, 5.74) is 2.58. The number of fused-ring (bicyclic) bond motifs is 1. The van der Waals surface area contributed by atoms with E-state index in [0.717, 1.165) is 48.1 Å². The number of ether oxygens (including phenoxy) is 2. The third kappa shape index (κ3) is 5.42. The Bertz CT molecular complexity index is 1180. The lowest BCUT2D eigenvalue weighted by atomic mass is 10.0. The van der Waals surface area contributed by atoms with Gasteiger partial charge in [0, 0.05) is 41.2 Å². The SMILES string of the molecule is COc1cc2ncnc(Nc3cccc(Cl)c3C)c2cc1OC1CCN(CC(=O)C(C)C)CC1. The van der Waals surface area contributed by atoms with Crippen LogP contribution in [0.5, 0.6) is 11.5 Å². The monoisotopic (exact) mass is 482 g/mol. The fourth-order valence-electron chi connectivity index (χ4n) is 4.05. The number of nitrogens with zero attached hydrogens (tertiary/aromatic N) is 3. The highest BCUT2D eigenvalue weighted by Crippen LogP contribution is 2.37. The average Bonchev–Trinajstić information content (AvgIpc) is 2.83. The zero-order valence-electron chi connectivity index (χ0n) is 20.1. The largest absolute Gasteiger partial charge is 0.493 e. The molecule has 0 bridgehead atoms. The van der Waals surface area contributed by atoms with E-state index < -0.39 is 0 Å². The Kier molecular flexibility index (Phi) is 7.54. The zero-order valence-corrected chi connectivity index (χ0v) is 20.9. The van der Waals surface area contributed by atoms with Crippen LogP contribution in [0.2, 0.25) is 5.02 Å². The maximum atomic E-state index is 12.1. The van der Waals surface area contributed by atoms with Gasteiger partial charge in [-0.2, -0.15) is 0 Å². The molecule has 2 heterocycles. The van der Waals surface area contributed by atoms with Gasteiger partial charge >= 0.3 is 0 Å². The number of hydrogen-bond donors (Lipinski definition) is 1. The molecule has 0 unspecified atom stereocenters. The van der Waals surface area contributed by atoms with Crippen LogP contribution in [0.4, 0.5) is 11.5 Å². The summed E-state index contributed by atoms with van der Waals surface area (Å²) < 4.78 is 12.0. The van der Waals surface area contributed by atoms with E-state index in [9.17, 15) is 4.79 Å². The zero-order chi connectivity index (χ0) is 24.2. The molecule has 1 saturated heterocycles. The minimum absolute atomic E-state index is 0.0490. The molecule has 1 aliphatic heterocycles. The second-order valence-electron chi connectivity index (χ2n) is 8.99. The van der Waals surface area contributed by atoms with E-state index in [1.807, 2.05) is 51.1 Å². The van der Waals surface area contributed by atoms with Crippen molar-refractivity contribution in [1.29, 1.82) is 0 Å². The van der Waals surface area contributed by atoms with Gasteiger partial charge in [-0.1, -0.05) is 31.5 Å². The molecule has 0 radical (unpaired) electrons. The Morgan fingerprint density at radius 1 is 1.21 bits per heavy atom. The van der Waals surface area contributed by atoms with Crippen molar-refractivity contribution in [2.45, 2.75) is 39.7 Å². The van der Waals surface area contributed by atoms with E-state index in [-0.39, 0.29) is 17.8 Å². The van der Waals surface area contributed by atoms with E-state index in [1.54, 1.807) is 7.11 Å². The van der Waals surface area contributed by atoms with Crippen LogP contribution in [0.15, 0.2) is 36.7 Å². The molecule has 7 nitrogen and oxygen atoms in total. The molecule has 4 rings (SSSR count). The van der Waals surface area contributed by atoms with Crippen molar-refractivity contribution in [2.75, 3.05) is 32.1 Å². The Morgan fingerprint density at radius 3 is 2.68 bits per heavy atom. The van der Waals surface area contributed by atoms with Crippen LogP contribution in [-0.2, 0) is 4.79 Å². The fourth-order valence-corrected chi connectivity index (χ4v) is 4.23. The summed E-state index contributed by atoms with van der Waals surface area (Å²) in [7, 11) is 1.63. The lowest BCUT2D eigenvalue weighted by Crippen LogP contribution is -2.41. The molecule has 0 saturated carbocycles. The van der Waals surface area contributed by atoms with Crippen molar-refractivity contribution in [3.05, 3.63) is 47.2 Å². The highest BCUT2D eigenvalue weighted by molar-refractivity contribution is 6.31. The Hall–Kier alpha value is -2.90. The highest BCUT2D eigenvalue weighted by atomic mass is 35.5. The van der Waals surface area contributed by atoms with Crippen LogP contribution in [0.3, 0.4) is 0 Å². The Morgan fingerprint density at radius 2 is 1.97 bits per heavy atom. The van der Waals surface area contributed by atoms with Crippen molar-refractivity contribution in [3.8, 4) is 11.5 Å². The molecule has 180 valence electrons. The van der Waals surface area contributed by atoms with E-state index in [0.29, 0.717) is 28.9 Å². The number of hydrogen-bond acceptors (Lipinski definition) is 7. The van der Waals surface area contributed by atoms with Crippen molar-refractivity contribution in [3.63, 3.8) is 0 Å². The molecule has 0 amide bonds. The lowest BCUT2D eigenvalue weighted by molar-refractivity contribution is -0.123. The lowest BCUT2D eigenvalue weighted by Gasteiger charge is -2.32. The Balaban J connectivity index is 1.54. The first-order valence-corrected chi connectivity index (χ1v) is 12.0. The number of aromatic nitrogens is 2. The van der Waals surface area contributed by atoms with Crippen LogP contribution >= 0.6 is 11.6 Å². The van der Waals surface area contributed by atoms with E-state index in [1.165, 1.54) is 6.33 Å². The quantitative estimate of drug-likeness (QED) is 0.459. The summed E-state index contributed by atoms with van der Waals surface area (Å²) in [4.78, 5) is 23.2. The first kappa shape index (κ1) is 24.2. The average molecular weight is 483 g/mol. The number of methoxy groups -OCH3 is 1. The molecule has 1 fully saturated rings. The smallest absolute Gasteiger partial charge is 0.162 e. The number of piperidine rings is 1. The van der Waals surface area contributed by atoms with Crippen molar-refractivity contribution >= 4 is 39.8 Å². The molecular formula is C26H31ClN4O3. The number of rotatable bonds is 8. The molecule has 0 aliphatic carbocycles. The predicted octanol–water partition coefficient (Wildman–Crippen LogP) is 5.41. The number of halogens is 1. The summed E-state index contributed by atoms with van der Waals surface area (Å²) in [5.74, 6) is 2.31. The number of nitrogens with one attached hydrogen (secondary N) is 1. The van der Waals surface area contributed by atoms with E-state index >= 15 is 0 Å². The van der Waals surface area contributed by atoms with E-state index in [2.05, 4.69) is 20.2 Å². The Labute approximate surface area is 205 Å². The molecule has 1 aromatic heterocycles. The molecule has 8 heteroatoms. The van der Waals surface area contributed by atoms with Crippen molar-refractivity contribution < 1.29 is 14.3 Å². The van der Waals surface area contributed by atoms with Crippen LogP contribution in [0.25, 0.3) is 10.9 Å². The maximum Gasteiger partial charge on any atom is 0.162 e. The number of Topliss-reactive ketones (excluding diaryl/α,β-unsaturated/α-hetero) is 1. The molecule has 1 aliphatic rings. The number of anilines is 2. The molecule has 2 aromatic carbocycles. The molecular weight excluding hydrogens is 452 g/mol. The number of carbonyl (C=O) groups excluding carboxylic acids is 1. The number of benzene rings is 2. The van der Waals surface area contributed by atoms with Gasteiger partial charge < -0.3 is 14.8 Å². The summed E-state index contributed by atoms with van der Waals surface area (Å²) in [6.07, 6.45) is 3.28. The van der Waals surface area contributed by atoms with Gasteiger partial charge in [-0.3, -0.25) is 9.69 Å². The topological polar surface area (TPSA) is 76.6 Å². The number of carbonyl (C=O) groups is 1. The van der Waals surface area contributed by atoms with Gasteiger partial charge in [0.2, 0.25) is 0 Å². The number of ketones is 1. The minimum atomic E-state index is 0.0490. The van der Waals surface area contributed by atoms with Crippen molar-refractivity contribution in [1.82, 2.24) is 14.9 Å². The first-order chi connectivity index (χ1) is 16.4. The van der Waals surface area contributed by atoms with Crippen molar-refractivity contribution in [2.24, 2.45) is 5.92 Å². The summed E-state index contributed by atoms with van der Waals surface area (Å²) >= 11 is 6.29. The minimum Gasteiger partial charge on any atom is -0.493 e. The van der Waals surface area contributed by atoms with Gasteiger partial charge in [0.05, 0.1) is 19.2 Å². The standard InChI is InChI=1S/C26H31ClN4O3/c1-16(2)23(32)14-31-10-8-18(9-11-31)34-25-12-19-22(13-24(25)33-4)28-15-29-26(19)30-21-7-5-6-20(27)17(21)3/h5-7,12-13,15-16,18H,8-11,14H2,1-4H3,(H,28,29,30). The first-order valence-electron chi connectivity index (χ1n) is 11.6. The molecule has 3 aromatic rings. The normalized spacial score (nSPS) is 15.0. The van der Waals surface area contributed by atoms with E-state index in [4.69, 9.17) is 21.1 Å². The van der Waals surface area contributed by atoms with Gasteiger partial charge in [-0.05, 0) is 43.5 Å². The van der Waals surface area contributed by atoms with Gasteiger partial charge in [-0.15, -0.1) is 0 Å². The van der Waals surface area contributed by atoms with Crippen LogP contribution < -0.4 is 14.8 Å². The van der Waals surface area contributed by atoms with Crippen LogP contribution in [0.1, 0.15) is 32.3 Å². The highest BCUT2D eigenvalue weighted by Gasteiger charge is 2.24. The van der Waals surface area contributed by atoms with Gasteiger partial charge in [0.1, 0.15) is 24.0 Å². The second-order valence-corrected chi connectivity index (χ2v) is 9.40.